The van der Waals surface area contributed by atoms with Crippen LogP contribution in [0.25, 0.3) is 0 Å². The van der Waals surface area contributed by atoms with Crippen molar-refractivity contribution >= 4 is 11.9 Å². The van der Waals surface area contributed by atoms with Gasteiger partial charge in [0.1, 0.15) is 5.75 Å². The number of nitrogens with zero attached hydrogens (tertiary/aromatic N) is 3. The third kappa shape index (κ3) is 5.37. The number of hydrogen-bond donors (Lipinski definition) is 1. The van der Waals surface area contributed by atoms with E-state index in [1.165, 1.54) is 38.6 Å². The van der Waals surface area contributed by atoms with E-state index in [2.05, 4.69) is 20.5 Å². The molecule has 0 spiro atoms. The number of hydrogen-bond acceptors (Lipinski definition) is 7. The van der Waals surface area contributed by atoms with E-state index in [1.807, 2.05) is 0 Å². The van der Waals surface area contributed by atoms with Crippen LogP contribution >= 0.6 is 0 Å². The van der Waals surface area contributed by atoms with E-state index in [4.69, 9.17) is 14.2 Å². The molecule has 0 radical (unpaired) electrons. The summed E-state index contributed by atoms with van der Waals surface area (Å²) in [4.78, 5) is 8.19. The molecule has 0 aliphatic heterocycles. The highest BCUT2D eigenvalue weighted by Gasteiger charge is 2.30. The third-order valence-electron chi connectivity index (χ3n) is 3.78. The summed E-state index contributed by atoms with van der Waals surface area (Å²) in [7, 11) is 2.90. The summed E-state index contributed by atoms with van der Waals surface area (Å²) in [5.41, 5.74) is 2.55. The first-order valence-corrected chi connectivity index (χ1v) is 8.59. The second kappa shape index (κ2) is 9.12. The maximum Gasteiger partial charge on any atom is 0.416 e. The number of nitrogens with one attached hydrogen (secondary N) is 1. The van der Waals surface area contributed by atoms with E-state index in [0.717, 1.165) is 12.1 Å². The Bertz CT molecular complexity index is 1020. The van der Waals surface area contributed by atoms with Gasteiger partial charge in [-0.15, -0.1) is 0 Å². The predicted molar refractivity (Wildman–Crippen MR) is 104 cm³/mol. The minimum Gasteiger partial charge on any atom is -0.481 e. The number of alkyl halides is 3. The van der Waals surface area contributed by atoms with E-state index in [0.29, 0.717) is 11.3 Å². The fraction of sp³-hybridized carbons (Fsp3) is 0.150. The maximum absolute atomic E-state index is 12.8. The summed E-state index contributed by atoms with van der Waals surface area (Å²) in [6, 6.07) is 13.1. The molecule has 3 aromatic rings. The molecule has 2 aromatic carbocycles. The summed E-state index contributed by atoms with van der Waals surface area (Å²) in [5.74, 6) is 0.894. The molecule has 10 heteroatoms. The van der Waals surface area contributed by atoms with Crippen LogP contribution < -0.4 is 19.6 Å². The zero-order valence-electron chi connectivity index (χ0n) is 16.0. The van der Waals surface area contributed by atoms with Gasteiger partial charge in [-0.2, -0.15) is 28.2 Å². The van der Waals surface area contributed by atoms with Gasteiger partial charge >= 0.3 is 12.2 Å². The highest BCUT2D eigenvalue weighted by atomic mass is 19.4. The number of methoxy groups -OCH3 is 2. The zero-order valence-corrected chi connectivity index (χ0v) is 16.0. The molecule has 1 aromatic heterocycles. The first kappa shape index (κ1) is 20.9. The third-order valence-corrected chi connectivity index (χ3v) is 3.78. The molecule has 0 saturated carbocycles. The summed E-state index contributed by atoms with van der Waals surface area (Å²) in [5, 5.41) is 3.99. The van der Waals surface area contributed by atoms with E-state index in [9.17, 15) is 13.2 Å². The monoisotopic (exact) mass is 418 g/mol. The van der Waals surface area contributed by atoms with Crippen molar-refractivity contribution in [1.29, 1.82) is 0 Å². The zero-order chi connectivity index (χ0) is 21.6. The van der Waals surface area contributed by atoms with Gasteiger partial charge in [0.15, 0.2) is 0 Å². The van der Waals surface area contributed by atoms with Gasteiger partial charge in [0.2, 0.25) is 11.8 Å². The Balaban J connectivity index is 1.78. The fourth-order valence-corrected chi connectivity index (χ4v) is 2.36. The van der Waals surface area contributed by atoms with Crippen LogP contribution in [0.2, 0.25) is 0 Å². The standard InChI is InChI=1S/C20H17F3N4O3/c1-28-17-11-18(29-2)26-19(25-17)30-16-9-4-3-6-13(16)12-24-27-15-8-5-7-14(10-15)20(21,22)23/h3-12,27H,1-2H3. The van der Waals surface area contributed by atoms with Gasteiger partial charge in [0.05, 0.1) is 37.8 Å². The average molecular weight is 418 g/mol. The Labute approximate surface area is 170 Å². The molecule has 0 aliphatic carbocycles. The van der Waals surface area contributed by atoms with Crippen LogP contribution in [-0.4, -0.2) is 30.4 Å². The van der Waals surface area contributed by atoms with Gasteiger partial charge in [-0.3, -0.25) is 5.43 Å². The Morgan fingerprint density at radius 3 is 2.30 bits per heavy atom. The number of hydrazone groups is 1. The van der Waals surface area contributed by atoms with Gasteiger partial charge in [-0.05, 0) is 30.3 Å². The lowest BCUT2D eigenvalue weighted by Crippen LogP contribution is -2.05. The number of rotatable bonds is 7. The van der Waals surface area contributed by atoms with E-state index in [1.54, 1.807) is 24.3 Å². The maximum atomic E-state index is 12.8. The Morgan fingerprint density at radius 1 is 0.933 bits per heavy atom. The van der Waals surface area contributed by atoms with Gasteiger partial charge < -0.3 is 14.2 Å². The Hall–Kier alpha value is -3.82. The predicted octanol–water partition coefficient (Wildman–Crippen LogP) is 4.75. The lowest BCUT2D eigenvalue weighted by atomic mass is 10.2. The first-order valence-electron chi connectivity index (χ1n) is 8.59. The Kier molecular flexibility index (Phi) is 6.35. The normalized spacial score (nSPS) is 11.4. The molecule has 1 heterocycles. The van der Waals surface area contributed by atoms with Crippen molar-refractivity contribution in [3.63, 3.8) is 0 Å². The van der Waals surface area contributed by atoms with Crippen molar-refractivity contribution in [3.05, 3.63) is 65.7 Å². The van der Waals surface area contributed by atoms with Crippen LogP contribution in [-0.2, 0) is 6.18 Å². The molecular formula is C20H17F3N4O3. The highest BCUT2D eigenvalue weighted by molar-refractivity contribution is 5.84. The summed E-state index contributed by atoms with van der Waals surface area (Å²) in [6.07, 6.45) is -3.02. The molecule has 0 fully saturated rings. The lowest BCUT2D eigenvalue weighted by Gasteiger charge is -2.10. The van der Waals surface area contributed by atoms with Crippen LogP contribution in [0.15, 0.2) is 59.7 Å². The smallest absolute Gasteiger partial charge is 0.416 e. The molecule has 0 unspecified atom stereocenters. The molecular weight excluding hydrogens is 401 g/mol. The molecule has 1 N–H and O–H groups in total. The van der Waals surface area contributed by atoms with Crippen LogP contribution in [0.3, 0.4) is 0 Å². The number of benzene rings is 2. The first-order chi connectivity index (χ1) is 14.4. The fourth-order valence-electron chi connectivity index (χ4n) is 2.36. The van der Waals surface area contributed by atoms with Crippen molar-refractivity contribution < 1.29 is 27.4 Å². The van der Waals surface area contributed by atoms with Crippen molar-refractivity contribution in [3.8, 4) is 23.5 Å². The SMILES string of the molecule is COc1cc(OC)nc(Oc2ccccc2C=NNc2cccc(C(F)(F)F)c2)n1. The van der Waals surface area contributed by atoms with Crippen molar-refractivity contribution in [2.45, 2.75) is 6.18 Å². The average Bonchev–Trinajstić information content (AvgIpc) is 2.74. The van der Waals surface area contributed by atoms with Crippen molar-refractivity contribution in [2.75, 3.05) is 19.6 Å². The van der Waals surface area contributed by atoms with Gasteiger partial charge in [0.25, 0.3) is 0 Å². The number of para-hydroxylation sites is 1. The topological polar surface area (TPSA) is 77.9 Å². The summed E-state index contributed by atoms with van der Waals surface area (Å²) in [6.45, 7) is 0. The Morgan fingerprint density at radius 2 is 1.63 bits per heavy atom. The summed E-state index contributed by atoms with van der Waals surface area (Å²) >= 11 is 0. The van der Waals surface area contributed by atoms with Gasteiger partial charge in [-0.1, -0.05) is 18.2 Å². The minimum absolute atomic E-state index is 0.00196. The van der Waals surface area contributed by atoms with Crippen molar-refractivity contribution in [1.82, 2.24) is 9.97 Å². The van der Waals surface area contributed by atoms with E-state index in [-0.39, 0.29) is 23.5 Å². The molecule has 0 atom stereocenters. The van der Waals surface area contributed by atoms with Crippen molar-refractivity contribution in [2.24, 2.45) is 5.10 Å². The van der Waals surface area contributed by atoms with Crippen LogP contribution in [0.5, 0.6) is 23.5 Å². The molecule has 30 heavy (non-hydrogen) atoms. The lowest BCUT2D eigenvalue weighted by molar-refractivity contribution is -0.137. The van der Waals surface area contributed by atoms with Crippen LogP contribution in [0.4, 0.5) is 18.9 Å². The molecule has 0 amide bonds. The van der Waals surface area contributed by atoms with Gasteiger partial charge in [0, 0.05) is 5.56 Å². The molecule has 0 saturated heterocycles. The summed E-state index contributed by atoms with van der Waals surface area (Å²) < 4.78 is 54.3. The number of aromatic nitrogens is 2. The van der Waals surface area contributed by atoms with Crippen LogP contribution in [0.1, 0.15) is 11.1 Å². The molecule has 0 aliphatic rings. The van der Waals surface area contributed by atoms with E-state index < -0.39 is 11.7 Å². The molecule has 0 bridgehead atoms. The number of ether oxygens (including phenoxy) is 3. The highest BCUT2D eigenvalue weighted by Crippen LogP contribution is 2.30. The number of halogens is 3. The quantitative estimate of drug-likeness (QED) is 0.441. The second-order valence-electron chi connectivity index (χ2n) is 5.82. The molecule has 156 valence electrons. The van der Waals surface area contributed by atoms with Crippen LogP contribution in [0, 0.1) is 0 Å². The van der Waals surface area contributed by atoms with Gasteiger partial charge in [-0.25, -0.2) is 0 Å². The molecule has 3 rings (SSSR count). The second-order valence-corrected chi connectivity index (χ2v) is 5.82. The largest absolute Gasteiger partial charge is 0.481 e. The molecule has 7 nitrogen and oxygen atoms in total. The number of anilines is 1. The van der Waals surface area contributed by atoms with E-state index >= 15 is 0 Å². The minimum atomic E-state index is -4.43.